The van der Waals surface area contributed by atoms with Crippen LogP contribution in [0.15, 0.2) is 42.5 Å². The van der Waals surface area contributed by atoms with E-state index in [1.807, 2.05) is 18.2 Å². The topological polar surface area (TPSA) is 65.2 Å². The molecule has 1 aliphatic rings. The van der Waals surface area contributed by atoms with E-state index in [1.165, 1.54) is 22.6 Å². The average molecular weight is 375 g/mol. The van der Waals surface area contributed by atoms with Crippen LogP contribution in [0, 0.1) is 5.92 Å². The van der Waals surface area contributed by atoms with Crippen molar-refractivity contribution < 1.29 is 9.59 Å². The van der Waals surface area contributed by atoms with E-state index in [4.69, 9.17) is 0 Å². The molecule has 1 heterocycles. The highest BCUT2D eigenvalue weighted by atomic mass is 16.2. The number of fused-ring (bicyclic) bond motifs is 3. The van der Waals surface area contributed by atoms with E-state index in [0.29, 0.717) is 22.7 Å². The number of hydrogen-bond acceptors (Lipinski definition) is 2. The molecular formula is C23H25N3O2. The van der Waals surface area contributed by atoms with Crippen LogP contribution in [-0.4, -0.2) is 35.8 Å². The van der Waals surface area contributed by atoms with E-state index in [2.05, 4.69) is 17.2 Å². The Labute approximate surface area is 164 Å². The van der Waals surface area contributed by atoms with Crippen molar-refractivity contribution in [3.63, 3.8) is 0 Å². The van der Waals surface area contributed by atoms with Crippen LogP contribution in [0.4, 0.5) is 5.69 Å². The minimum atomic E-state index is -0.146. The molecule has 0 unspecified atom stereocenters. The molecule has 0 fully saturated rings. The Balaban J connectivity index is 1.56. The molecule has 0 spiro atoms. The highest BCUT2D eigenvalue weighted by Gasteiger charge is 2.20. The van der Waals surface area contributed by atoms with Crippen LogP contribution >= 0.6 is 0 Å². The predicted molar refractivity (Wildman–Crippen MR) is 112 cm³/mol. The van der Waals surface area contributed by atoms with E-state index in [0.717, 1.165) is 23.7 Å². The molecule has 2 amide bonds. The lowest BCUT2D eigenvalue weighted by Crippen LogP contribution is -2.21. The van der Waals surface area contributed by atoms with Crippen molar-refractivity contribution in [2.24, 2.45) is 5.92 Å². The van der Waals surface area contributed by atoms with Crippen molar-refractivity contribution in [2.75, 3.05) is 19.4 Å². The molecule has 0 radical (unpaired) electrons. The van der Waals surface area contributed by atoms with E-state index < -0.39 is 0 Å². The third-order valence-electron chi connectivity index (χ3n) is 5.49. The van der Waals surface area contributed by atoms with Crippen molar-refractivity contribution >= 4 is 28.4 Å². The molecule has 1 atom stereocenters. The summed E-state index contributed by atoms with van der Waals surface area (Å²) in [5, 5.41) is 4.08. The molecule has 2 aromatic carbocycles. The Hall–Kier alpha value is -3.08. The first-order valence-electron chi connectivity index (χ1n) is 9.69. The van der Waals surface area contributed by atoms with Gasteiger partial charge >= 0.3 is 0 Å². The van der Waals surface area contributed by atoms with Gasteiger partial charge in [-0.1, -0.05) is 6.92 Å². The number of nitrogens with one attached hydrogen (secondary N) is 2. The van der Waals surface area contributed by atoms with Crippen LogP contribution in [0.3, 0.4) is 0 Å². The highest BCUT2D eigenvalue weighted by molar-refractivity contribution is 6.07. The van der Waals surface area contributed by atoms with Gasteiger partial charge in [-0.25, -0.2) is 0 Å². The van der Waals surface area contributed by atoms with Gasteiger partial charge in [0, 0.05) is 47.5 Å². The summed E-state index contributed by atoms with van der Waals surface area (Å²) in [6.45, 7) is 2.28. The van der Waals surface area contributed by atoms with Crippen molar-refractivity contribution in [3.05, 3.63) is 64.8 Å². The maximum absolute atomic E-state index is 12.7. The second-order valence-corrected chi connectivity index (χ2v) is 7.92. The third-order valence-corrected chi connectivity index (χ3v) is 5.49. The number of carbonyl (C=O) groups is 2. The fourth-order valence-electron chi connectivity index (χ4n) is 3.89. The highest BCUT2D eigenvalue weighted by Crippen LogP contribution is 2.32. The maximum Gasteiger partial charge on any atom is 0.255 e. The van der Waals surface area contributed by atoms with Gasteiger partial charge in [0.1, 0.15) is 0 Å². The van der Waals surface area contributed by atoms with E-state index in [9.17, 15) is 9.59 Å². The molecule has 5 heteroatoms. The standard InChI is InChI=1S/C23H25N3O2/c1-14-4-10-20-18(12-14)19-13-16(7-11-21(19)25-20)22(27)24-17-8-5-15(6-9-17)23(28)26(2)3/h5-9,11,13-14,25H,4,10,12H2,1-3H3,(H,24,27)/t14-/m1/s1. The molecule has 144 valence electrons. The maximum atomic E-state index is 12.7. The molecule has 3 aromatic rings. The first-order valence-corrected chi connectivity index (χ1v) is 9.69. The Morgan fingerprint density at radius 2 is 1.79 bits per heavy atom. The summed E-state index contributed by atoms with van der Waals surface area (Å²) in [7, 11) is 3.43. The van der Waals surface area contributed by atoms with E-state index in [1.54, 1.807) is 38.4 Å². The molecule has 2 N–H and O–H groups in total. The minimum absolute atomic E-state index is 0.0604. The van der Waals surface area contributed by atoms with Crippen LogP contribution in [0.1, 0.15) is 45.3 Å². The summed E-state index contributed by atoms with van der Waals surface area (Å²) >= 11 is 0. The lowest BCUT2D eigenvalue weighted by molar-refractivity contribution is 0.0827. The largest absolute Gasteiger partial charge is 0.358 e. The van der Waals surface area contributed by atoms with Gasteiger partial charge in [-0.3, -0.25) is 9.59 Å². The first kappa shape index (κ1) is 18.3. The summed E-state index contributed by atoms with van der Waals surface area (Å²) in [6.07, 6.45) is 3.34. The number of carbonyl (C=O) groups excluding carboxylic acids is 2. The van der Waals surface area contributed by atoms with Crippen LogP contribution in [0.25, 0.3) is 10.9 Å². The second kappa shape index (κ2) is 7.15. The zero-order chi connectivity index (χ0) is 19.8. The Bertz CT molecular complexity index is 1050. The SMILES string of the molecule is C[C@@H]1CCc2[nH]c3ccc(C(=O)Nc4ccc(C(=O)N(C)C)cc4)cc3c2C1. The summed E-state index contributed by atoms with van der Waals surface area (Å²) in [6, 6.07) is 12.8. The van der Waals surface area contributed by atoms with Crippen molar-refractivity contribution in [3.8, 4) is 0 Å². The summed E-state index contributed by atoms with van der Waals surface area (Å²) in [5.41, 5.74) is 5.67. The number of anilines is 1. The van der Waals surface area contributed by atoms with Crippen LogP contribution < -0.4 is 5.32 Å². The average Bonchev–Trinajstić information content (AvgIpc) is 3.05. The van der Waals surface area contributed by atoms with Crippen LogP contribution in [0.2, 0.25) is 0 Å². The Morgan fingerprint density at radius 1 is 1.07 bits per heavy atom. The summed E-state index contributed by atoms with van der Waals surface area (Å²) < 4.78 is 0. The number of benzene rings is 2. The van der Waals surface area contributed by atoms with E-state index in [-0.39, 0.29) is 11.8 Å². The molecule has 5 nitrogen and oxygen atoms in total. The molecule has 1 aliphatic carbocycles. The molecule has 4 rings (SSSR count). The number of H-pyrrole nitrogens is 1. The van der Waals surface area contributed by atoms with Crippen molar-refractivity contribution in [1.29, 1.82) is 0 Å². The molecule has 1 aromatic heterocycles. The number of rotatable bonds is 3. The van der Waals surface area contributed by atoms with Gasteiger partial charge < -0.3 is 15.2 Å². The fourth-order valence-corrected chi connectivity index (χ4v) is 3.89. The summed E-state index contributed by atoms with van der Waals surface area (Å²) in [5.74, 6) is 0.467. The van der Waals surface area contributed by atoms with Crippen molar-refractivity contribution in [1.82, 2.24) is 9.88 Å². The van der Waals surface area contributed by atoms with Crippen LogP contribution in [-0.2, 0) is 12.8 Å². The van der Waals surface area contributed by atoms with Gasteiger partial charge in [0.05, 0.1) is 0 Å². The molecule has 0 bridgehead atoms. The number of amides is 2. The molecular weight excluding hydrogens is 350 g/mol. The molecule has 0 saturated carbocycles. The first-order chi connectivity index (χ1) is 13.4. The van der Waals surface area contributed by atoms with Gasteiger partial charge in [0.15, 0.2) is 0 Å². The Morgan fingerprint density at radius 3 is 2.50 bits per heavy atom. The monoisotopic (exact) mass is 375 g/mol. The van der Waals surface area contributed by atoms with Crippen LogP contribution in [0.5, 0.6) is 0 Å². The lowest BCUT2D eigenvalue weighted by atomic mass is 9.87. The number of aryl methyl sites for hydroxylation is 1. The fraction of sp³-hybridized carbons (Fsp3) is 0.304. The number of hydrogen-bond donors (Lipinski definition) is 2. The van der Waals surface area contributed by atoms with Gasteiger partial charge in [0.25, 0.3) is 11.8 Å². The molecule has 0 aliphatic heterocycles. The smallest absolute Gasteiger partial charge is 0.255 e. The van der Waals surface area contributed by atoms with Gasteiger partial charge in [-0.05, 0) is 73.2 Å². The normalized spacial score (nSPS) is 15.9. The lowest BCUT2D eigenvalue weighted by Gasteiger charge is -2.18. The molecule has 28 heavy (non-hydrogen) atoms. The second-order valence-electron chi connectivity index (χ2n) is 7.92. The quantitative estimate of drug-likeness (QED) is 0.719. The zero-order valence-electron chi connectivity index (χ0n) is 16.5. The predicted octanol–water partition coefficient (Wildman–Crippen LogP) is 4.25. The number of aromatic amines is 1. The minimum Gasteiger partial charge on any atom is -0.358 e. The summed E-state index contributed by atoms with van der Waals surface area (Å²) in [4.78, 5) is 29.8. The molecule has 0 saturated heterocycles. The van der Waals surface area contributed by atoms with Gasteiger partial charge in [-0.15, -0.1) is 0 Å². The Kier molecular flexibility index (Phi) is 4.67. The van der Waals surface area contributed by atoms with E-state index >= 15 is 0 Å². The number of nitrogens with zero attached hydrogens (tertiary/aromatic N) is 1. The number of aromatic nitrogens is 1. The van der Waals surface area contributed by atoms with Crippen molar-refractivity contribution in [2.45, 2.75) is 26.2 Å². The third kappa shape index (κ3) is 3.40. The van der Waals surface area contributed by atoms with Gasteiger partial charge in [0.2, 0.25) is 0 Å². The zero-order valence-corrected chi connectivity index (χ0v) is 16.5. The van der Waals surface area contributed by atoms with Gasteiger partial charge in [-0.2, -0.15) is 0 Å².